The van der Waals surface area contributed by atoms with Crippen LogP contribution in [0.5, 0.6) is 11.6 Å². The van der Waals surface area contributed by atoms with E-state index in [9.17, 15) is 10.1 Å². The molecule has 0 aliphatic carbocycles. The number of non-ortho nitro benzene ring substituents is 1. The van der Waals surface area contributed by atoms with Crippen LogP contribution in [0.15, 0.2) is 18.2 Å². The van der Waals surface area contributed by atoms with Crippen molar-refractivity contribution in [2.24, 2.45) is 5.84 Å². The first kappa shape index (κ1) is 14.7. The highest BCUT2D eigenvalue weighted by Gasteiger charge is 2.14. The van der Waals surface area contributed by atoms with Gasteiger partial charge in [-0.15, -0.1) is 0 Å². The lowest BCUT2D eigenvalue weighted by atomic mass is 10.2. The van der Waals surface area contributed by atoms with Gasteiger partial charge in [0, 0.05) is 6.07 Å². The molecule has 0 aliphatic heterocycles. The summed E-state index contributed by atoms with van der Waals surface area (Å²) in [5.74, 6) is 6.99. The molecule has 0 fully saturated rings. The van der Waals surface area contributed by atoms with Gasteiger partial charge >= 0.3 is 0 Å². The third kappa shape index (κ3) is 3.06. The highest BCUT2D eigenvalue weighted by molar-refractivity contribution is 5.50. The second-order valence-corrected chi connectivity index (χ2v) is 4.50. The molecule has 8 nitrogen and oxygen atoms in total. The molecule has 3 N–H and O–H groups in total. The Kier molecular flexibility index (Phi) is 3.99. The number of nitrogens with zero attached hydrogens (tertiary/aromatic N) is 3. The van der Waals surface area contributed by atoms with Crippen LogP contribution in [0.4, 0.5) is 11.5 Å². The maximum Gasteiger partial charge on any atom is 0.273 e. The minimum atomic E-state index is -0.475. The number of hydrazine groups is 1. The average molecular weight is 289 g/mol. The molecule has 0 unspecified atom stereocenters. The number of hydrogen-bond acceptors (Lipinski definition) is 7. The van der Waals surface area contributed by atoms with Crippen molar-refractivity contribution in [1.82, 2.24) is 9.97 Å². The first-order valence-corrected chi connectivity index (χ1v) is 6.17. The molecule has 8 heteroatoms. The average Bonchev–Trinajstić information content (AvgIpc) is 2.44. The fourth-order valence-electron chi connectivity index (χ4n) is 1.76. The number of nitrogens with two attached hydrogens (primary N) is 1. The molecule has 1 aromatic heterocycles. The lowest BCUT2D eigenvalue weighted by molar-refractivity contribution is -0.384. The first-order valence-electron chi connectivity index (χ1n) is 6.17. The Bertz CT molecular complexity index is 702. The van der Waals surface area contributed by atoms with E-state index >= 15 is 0 Å². The number of benzene rings is 1. The van der Waals surface area contributed by atoms with Crippen molar-refractivity contribution in [2.45, 2.75) is 20.8 Å². The van der Waals surface area contributed by atoms with Crippen LogP contribution in [0.3, 0.4) is 0 Å². The lowest BCUT2D eigenvalue weighted by Crippen LogP contribution is -2.12. The minimum absolute atomic E-state index is 0.0452. The molecule has 0 radical (unpaired) electrons. The van der Waals surface area contributed by atoms with Crippen LogP contribution in [0.2, 0.25) is 0 Å². The van der Waals surface area contributed by atoms with Gasteiger partial charge in [0.1, 0.15) is 17.4 Å². The van der Waals surface area contributed by atoms with Gasteiger partial charge < -0.3 is 10.2 Å². The number of nitro groups is 1. The number of nitrogen functional groups attached to an aromatic ring is 1. The normalized spacial score (nSPS) is 10.3. The zero-order valence-electron chi connectivity index (χ0n) is 11.9. The molecule has 0 atom stereocenters. The summed E-state index contributed by atoms with van der Waals surface area (Å²) >= 11 is 0. The van der Waals surface area contributed by atoms with Gasteiger partial charge in [0.25, 0.3) is 5.69 Å². The molecular weight excluding hydrogens is 274 g/mol. The van der Waals surface area contributed by atoms with Crippen molar-refractivity contribution in [1.29, 1.82) is 0 Å². The van der Waals surface area contributed by atoms with Crippen LogP contribution in [0.25, 0.3) is 0 Å². The molecule has 0 aliphatic rings. The zero-order valence-corrected chi connectivity index (χ0v) is 11.9. The minimum Gasteiger partial charge on any atom is -0.438 e. The predicted octanol–water partition coefficient (Wildman–Crippen LogP) is 2.39. The van der Waals surface area contributed by atoms with Crippen LogP contribution in [-0.4, -0.2) is 14.9 Å². The molecule has 2 aromatic rings. The van der Waals surface area contributed by atoms with Crippen molar-refractivity contribution in [3.63, 3.8) is 0 Å². The van der Waals surface area contributed by atoms with E-state index in [1.807, 2.05) is 0 Å². The van der Waals surface area contributed by atoms with Crippen LogP contribution in [0, 0.1) is 30.9 Å². The number of ether oxygens (including phenoxy) is 1. The van der Waals surface area contributed by atoms with Crippen molar-refractivity contribution in [3.8, 4) is 11.6 Å². The highest BCUT2D eigenvalue weighted by Crippen LogP contribution is 2.31. The first-order chi connectivity index (χ1) is 9.92. The summed E-state index contributed by atoms with van der Waals surface area (Å²) in [4.78, 5) is 18.7. The number of nitro benzene ring substituents is 1. The monoisotopic (exact) mass is 289 g/mol. The largest absolute Gasteiger partial charge is 0.438 e. The van der Waals surface area contributed by atoms with E-state index < -0.39 is 4.92 Å². The molecule has 0 spiro atoms. The predicted molar refractivity (Wildman–Crippen MR) is 77.2 cm³/mol. The van der Waals surface area contributed by atoms with Crippen LogP contribution in [-0.2, 0) is 0 Å². The van der Waals surface area contributed by atoms with Gasteiger partial charge in [-0.25, -0.2) is 10.8 Å². The maximum atomic E-state index is 10.8. The van der Waals surface area contributed by atoms with E-state index in [1.165, 1.54) is 12.1 Å². The Morgan fingerprint density at radius 1 is 1.29 bits per heavy atom. The Morgan fingerprint density at radius 2 is 2.00 bits per heavy atom. The third-order valence-corrected chi connectivity index (χ3v) is 2.94. The van der Waals surface area contributed by atoms with E-state index in [1.54, 1.807) is 26.8 Å². The van der Waals surface area contributed by atoms with Crippen molar-refractivity contribution >= 4 is 11.5 Å². The molecule has 0 bridgehead atoms. The van der Waals surface area contributed by atoms with E-state index in [2.05, 4.69) is 15.4 Å². The van der Waals surface area contributed by atoms with E-state index in [0.29, 0.717) is 28.8 Å². The van der Waals surface area contributed by atoms with Gasteiger partial charge in [0.05, 0.1) is 16.6 Å². The van der Waals surface area contributed by atoms with Crippen LogP contribution >= 0.6 is 0 Å². The van der Waals surface area contributed by atoms with Gasteiger partial charge in [-0.1, -0.05) is 0 Å². The lowest BCUT2D eigenvalue weighted by Gasteiger charge is -2.12. The number of aryl methyl sites for hydroxylation is 2. The summed E-state index contributed by atoms with van der Waals surface area (Å²) in [5.41, 5.74) is 3.80. The second kappa shape index (κ2) is 5.71. The summed E-state index contributed by atoms with van der Waals surface area (Å²) in [5, 5.41) is 10.8. The van der Waals surface area contributed by atoms with Crippen molar-refractivity contribution in [2.75, 3.05) is 5.43 Å². The number of rotatable bonds is 4. The Labute approximate surface area is 121 Å². The van der Waals surface area contributed by atoms with E-state index in [4.69, 9.17) is 10.6 Å². The SMILES string of the molecule is Cc1nc(NN)c(C)c(Oc2cc([N+](=O)[O-])ccc2C)n1. The van der Waals surface area contributed by atoms with Gasteiger partial charge in [-0.05, 0) is 32.4 Å². The Hall–Kier alpha value is -2.74. The van der Waals surface area contributed by atoms with E-state index in [-0.39, 0.29) is 5.69 Å². The molecule has 0 saturated heterocycles. The molecular formula is C13H15N5O3. The van der Waals surface area contributed by atoms with Crippen LogP contribution < -0.4 is 16.0 Å². The summed E-state index contributed by atoms with van der Waals surface area (Å²) in [7, 11) is 0. The topological polar surface area (TPSA) is 116 Å². The molecule has 21 heavy (non-hydrogen) atoms. The number of anilines is 1. The number of nitrogens with one attached hydrogen (secondary N) is 1. The highest BCUT2D eigenvalue weighted by atomic mass is 16.6. The summed E-state index contributed by atoms with van der Waals surface area (Å²) in [6.45, 7) is 5.24. The summed E-state index contributed by atoms with van der Waals surface area (Å²) in [6, 6.07) is 4.41. The van der Waals surface area contributed by atoms with E-state index in [0.717, 1.165) is 5.56 Å². The fraction of sp³-hybridized carbons (Fsp3) is 0.231. The second-order valence-electron chi connectivity index (χ2n) is 4.50. The standard InChI is InChI=1S/C13H15N5O3/c1-7-4-5-10(18(19)20)6-11(7)21-13-8(2)12(17-14)15-9(3)16-13/h4-6H,14H2,1-3H3,(H,15,16,17). The van der Waals surface area contributed by atoms with Gasteiger partial charge in [-0.3, -0.25) is 10.1 Å². The van der Waals surface area contributed by atoms with Crippen LogP contribution in [0.1, 0.15) is 17.0 Å². The zero-order chi connectivity index (χ0) is 15.6. The molecule has 0 amide bonds. The summed E-state index contributed by atoms with van der Waals surface area (Å²) < 4.78 is 5.70. The smallest absolute Gasteiger partial charge is 0.273 e. The van der Waals surface area contributed by atoms with Crippen molar-refractivity contribution in [3.05, 3.63) is 45.3 Å². The summed E-state index contributed by atoms with van der Waals surface area (Å²) in [6.07, 6.45) is 0. The molecule has 2 rings (SSSR count). The van der Waals surface area contributed by atoms with Crippen molar-refractivity contribution < 1.29 is 9.66 Å². The Morgan fingerprint density at radius 3 is 2.62 bits per heavy atom. The maximum absolute atomic E-state index is 10.8. The molecule has 1 aromatic carbocycles. The molecule has 110 valence electrons. The molecule has 1 heterocycles. The number of aromatic nitrogens is 2. The number of hydrogen-bond donors (Lipinski definition) is 2. The Balaban J connectivity index is 2.45. The van der Waals surface area contributed by atoms with Gasteiger partial charge in [0.2, 0.25) is 5.88 Å². The quantitative estimate of drug-likeness (QED) is 0.504. The van der Waals surface area contributed by atoms with Gasteiger partial charge in [-0.2, -0.15) is 4.98 Å². The van der Waals surface area contributed by atoms with Gasteiger partial charge in [0.15, 0.2) is 0 Å². The fourth-order valence-corrected chi connectivity index (χ4v) is 1.76. The molecule has 0 saturated carbocycles. The third-order valence-electron chi connectivity index (χ3n) is 2.94.